The summed E-state index contributed by atoms with van der Waals surface area (Å²) in [5.41, 5.74) is -2.00. The lowest BCUT2D eigenvalue weighted by atomic mass is 10.0. The van der Waals surface area contributed by atoms with Gasteiger partial charge in [0.2, 0.25) is 11.2 Å². The fraction of sp³-hybridized carbons (Fsp3) is 0.261. The summed E-state index contributed by atoms with van der Waals surface area (Å²) < 4.78 is 10.5. The quantitative estimate of drug-likeness (QED) is 0.0661. The van der Waals surface area contributed by atoms with E-state index in [4.69, 9.17) is 9.15 Å². The number of carbonyl (C=O) groups excluding carboxylic acids is 2. The zero-order valence-electron chi connectivity index (χ0n) is 18.7. The highest BCUT2D eigenvalue weighted by Gasteiger charge is 2.36. The van der Waals surface area contributed by atoms with E-state index in [1.54, 1.807) is 0 Å². The molecular weight excluding hydrogens is 500 g/mol. The van der Waals surface area contributed by atoms with Crippen molar-refractivity contribution in [2.24, 2.45) is 0 Å². The maximum absolute atomic E-state index is 12.8. The van der Waals surface area contributed by atoms with Crippen molar-refractivity contribution < 1.29 is 64.7 Å². The minimum Gasteiger partial charge on any atom is -0.507 e. The van der Waals surface area contributed by atoms with Gasteiger partial charge < -0.3 is 59.9 Å². The smallest absolute Gasteiger partial charge is 0.343 e. The van der Waals surface area contributed by atoms with Gasteiger partial charge in [-0.1, -0.05) is 0 Å². The Hall–Kier alpha value is -4.21. The number of carbonyl (C=O) groups is 2. The summed E-state index contributed by atoms with van der Waals surface area (Å²) in [5, 5.41) is 87.9. The molecule has 14 nitrogen and oxygen atoms in total. The van der Waals surface area contributed by atoms with Gasteiger partial charge in [-0.3, -0.25) is 4.79 Å². The molecule has 0 fully saturated rings. The third-order valence-electron chi connectivity index (χ3n) is 5.41. The molecule has 3 aromatic rings. The van der Waals surface area contributed by atoms with Gasteiger partial charge in [-0.05, 0) is 18.2 Å². The molecule has 0 radical (unpaired) electrons. The lowest BCUT2D eigenvalue weighted by Crippen LogP contribution is -2.49. The number of rotatable bonds is 9. The van der Waals surface area contributed by atoms with Crippen LogP contribution in [-0.2, 0) is 16.0 Å². The van der Waals surface area contributed by atoms with E-state index in [1.165, 1.54) is 6.07 Å². The first-order valence-corrected chi connectivity index (χ1v) is 10.5. The zero-order chi connectivity index (χ0) is 27.6. The summed E-state index contributed by atoms with van der Waals surface area (Å²) in [6.45, 7) is -0.624. The van der Waals surface area contributed by atoms with Crippen LogP contribution in [0.15, 0.2) is 33.5 Å². The van der Waals surface area contributed by atoms with E-state index >= 15 is 0 Å². The Kier molecular flexibility index (Phi) is 8.00. The monoisotopic (exact) mass is 522 g/mol. The Labute approximate surface area is 206 Å². The van der Waals surface area contributed by atoms with Crippen LogP contribution in [0.3, 0.4) is 0 Å². The number of esters is 1. The Morgan fingerprint density at radius 3 is 2.24 bits per heavy atom. The summed E-state index contributed by atoms with van der Waals surface area (Å²) >= 11 is 0. The zero-order valence-corrected chi connectivity index (χ0v) is 18.7. The van der Waals surface area contributed by atoms with E-state index in [1.807, 2.05) is 0 Å². The lowest BCUT2D eigenvalue weighted by Gasteiger charge is -2.23. The Bertz CT molecular complexity index is 1390. The van der Waals surface area contributed by atoms with Gasteiger partial charge in [-0.15, -0.1) is 0 Å². The number of aromatic hydroxyl groups is 4. The summed E-state index contributed by atoms with van der Waals surface area (Å²) in [4.78, 5) is 35.8. The van der Waals surface area contributed by atoms with Gasteiger partial charge in [0, 0.05) is 30.2 Å². The van der Waals surface area contributed by atoms with Crippen LogP contribution in [-0.4, -0.2) is 89.2 Å². The van der Waals surface area contributed by atoms with Crippen LogP contribution in [0.5, 0.6) is 28.7 Å². The van der Waals surface area contributed by atoms with E-state index in [0.717, 1.165) is 18.2 Å². The number of hydrogen-bond donors (Lipinski definition) is 9. The standard InChI is InChI=1S/C23H22O14/c24-4-3-9-13(37-23(35)21(34)19(32)17(30)12(28)7-25)6-14-15(16(9)29)18(31)20(33)22(36-14)8-1-2-10(26)11(27)5-8/h1-2,5-7,12,17,19,21,24,26-30,32-34H,3-4H2/t12-,17+,19-,21-/m0/s1. The lowest BCUT2D eigenvalue weighted by molar-refractivity contribution is -0.161. The van der Waals surface area contributed by atoms with Gasteiger partial charge in [0.15, 0.2) is 29.6 Å². The first-order chi connectivity index (χ1) is 17.4. The molecule has 0 saturated carbocycles. The SMILES string of the molecule is O=C[C@H](O)[C@@H](O)[C@H](O)[C@H](O)C(=O)Oc1cc2oc(-c3ccc(O)c(O)c3)c(O)c(=O)c2c(O)c1CCO. The van der Waals surface area contributed by atoms with Crippen molar-refractivity contribution in [2.45, 2.75) is 30.8 Å². The summed E-state index contributed by atoms with van der Waals surface area (Å²) in [7, 11) is 0. The van der Waals surface area contributed by atoms with Gasteiger partial charge in [0.05, 0.1) is 0 Å². The molecule has 0 spiro atoms. The summed E-state index contributed by atoms with van der Waals surface area (Å²) in [6.07, 6.45) is -9.80. The highest BCUT2D eigenvalue weighted by atomic mass is 16.6. The molecule has 37 heavy (non-hydrogen) atoms. The molecule has 3 rings (SSSR count). The second-order valence-electron chi connectivity index (χ2n) is 7.83. The predicted molar refractivity (Wildman–Crippen MR) is 121 cm³/mol. The van der Waals surface area contributed by atoms with Crippen LogP contribution < -0.4 is 10.2 Å². The highest BCUT2D eigenvalue weighted by Crippen LogP contribution is 2.40. The van der Waals surface area contributed by atoms with Crippen LogP contribution in [0.25, 0.3) is 22.3 Å². The maximum atomic E-state index is 12.8. The van der Waals surface area contributed by atoms with E-state index < -0.39 is 94.3 Å². The van der Waals surface area contributed by atoms with E-state index in [-0.39, 0.29) is 17.4 Å². The van der Waals surface area contributed by atoms with Gasteiger partial charge >= 0.3 is 5.97 Å². The first kappa shape index (κ1) is 27.4. The number of phenols is 3. The Morgan fingerprint density at radius 1 is 0.973 bits per heavy atom. The van der Waals surface area contributed by atoms with Crippen molar-refractivity contribution in [3.63, 3.8) is 0 Å². The minimum absolute atomic E-state index is 0.0643. The van der Waals surface area contributed by atoms with E-state index in [0.29, 0.717) is 0 Å². The van der Waals surface area contributed by atoms with Crippen molar-refractivity contribution in [2.75, 3.05) is 6.61 Å². The van der Waals surface area contributed by atoms with E-state index in [2.05, 4.69) is 0 Å². The molecule has 9 N–H and O–H groups in total. The number of fused-ring (bicyclic) bond motifs is 1. The molecule has 0 bridgehead atoms. The molecular formula is C23H22O14. The summed E-state index contributed by atoms with van der Waals surface area (Å²) in [5.74, 6) is -5.62. The van der Waals surface area contributed by atoms with Crippen LogP contribution in [0.1, 0.15) is 5.56 Å². The highest BCUT2D eigenvalue weighted by molar-refractivity contribution is 5.91. The van der Waals surface area contributed by atoms with Crippen molar-refractivity contribution in [3.05, 3.63) is 40.1 Å². The Morgan fingerprint density at radius 2 is 1.65 bits per heavy atom. The van der Waals surface area contributed by atoms with Crippen molar-refractivity contribution >= 4 is 23.2 Å². The average molecular weight is 522 g/mol. The van der Waals surface area contributed by atoms with Crippen LogP contribution in [0.4, 0.5) is 0 Å². The predicted octanol–water partition coefficient (Wildman–Crippen LogP) is -1.63. The number of phenolic OH excluding ortho intramolecular Hbond substituents is 3. The number of ether oxygens (including phenoxy) is 1. The number of aliphatic hydroxyl groups is 5. The molecule has 0 aliphatic rings. The number of hydrogen-bond acceptors (Lipinski definition) is 14. The minimum atomic E-state index is -2.49. The van der Waals surface area contributed by atoms with Crippen molar-refractivity contribution in [3.8, 4) is 40.1 Å². The average Bonchev–Trinajstić information content (AvgIpc) is 2.87. The van der Waals surface area contributed by atoms with Gasteiger partial charge in [0.1, 0.15) is 40.8 Å². The van der Waals surface area contributed by atoms with Gasteiger partial charge in [0.25, 0.3) is 0 Å². The second-order valence-corrected chi connectivity index (χ2v) is 7.83. The summed E-state index contributed by atoms with van der Waals surface area (Å²) in [6, 6.07) is 4.11. The van der Waals surface area contributed by atoms with Gasteiger partial charge in [-0.2, -0.15) is 0 Å². The molecule has 1 heterocycles. The molecule has 0 unspecified atom stereocenters. The molecule has 0 aliphatic carbocycles. The number of aldehydes is 1. The molecule has 4 atom stereocenters. The van der Waals surface area contributed by atoms with Crippen molar-refractivity contribution in [1.29, 1.82) is 0 Å². The largest absolute Gasteiger partial charge is 0.507 e. The molecule has 198 valence electrons. The topological polar surface area (TPSA) is 256 Å². The molecule has 1 aromatic heterocycles. The Balaban J connectivity index is 2.13. The van der Waals surface area contributed by atoms with Gasteiger partial charge in [-0.25, -0.2) is 4.79 Å². The normalized spacial score (nSPS) is 14.6. The second kappa shape index (κ2) is 10.8. The van der Waals surface area contributed by atoms with Crippen LogP contribution in [0, 0.1) is 0 Å². The van der Waals surface area contributed by atoms with Crippen molar-refractivity contribution in [1.82, 2.24) is 0 Å². The molecule has 14 heteroatoms. The van der Waals surface area contributed by atoms with Crippen LogP contribution in [0.2, 0.25) is 0 Å². The molecule has 0 saturated heterocycles. The first-order valence-electron chi connectivity index (χ1n) is 10.5. The third-order valence-corrected chi connectivity index (χ3v) is 5.41. The molecule has 2 aromatic carbocycles. The fourth-order valence-corrected chi connectivity index (χ4v) is 3.42. The fourth-order valence-electron chi connectivity index (χ4n) is 3.42. The molecule has 0 aliphatic heterocycles. The third kappa shape index (κ3) is 5.18. The molecule has 0 amide bonds. The maximum Gasteiger partial charge on any atom is 0.343 e. The van der Waals surface area contributed by atoms with E-state index in [9.17, 15) is 60.3 Å². The number of aliphatic hydroxyl groups excluding tert-OH is 5. The van der Waals surface area contributed by atoms with Crippen LogP contribution >= 0.6 is 0 Å². The number of benzene rings is 2.